The van der Waals surface area contributed by atoms with Gasteiger partial charge in [0.1, 0.15) is 6.54 Å². The third-order valence-corrected chi connectivity index (χ3v) is 8.43. The summed E-state index contributed by atoms with van der Waals surface area (Å²) in [5, 5.41) is 0. The number of nitrogens with zero attached hydrogens (tertiary/aromatic N) is 2. The summed E-state index contributed by atoms with van der Waals surface area (Å²) in [5.74, 6) is -0.951. The second-order valence-corrected chi connectivity index (χ2v) is 11.6. The van der Waals surface area contributed by atoms with Gasteiger partial charge in [-0.05, 0) is 73.9 Å². The van der Waals surface area contributed by atoms with E-state index < -0.39 is 21.9 Å². The van der Waals surface area contributed by atoms with Crippen molar-refractivity contribution in [2.45, 2.75) is 44.6 Å². The van der Waals surface area contributed by atoms with Crippen LogP contribution in [-0.2, 0) is 32.5 Å². The van der Waals surface area contributed by atoms with E-state index in [1.165, 1.54) is 60.4 Å². The molecule has 3 aromatic carbocycles. The number of aromatic nitrogens is 1. The average Bonchev–Trinajstić information content (AvgIpc) is 3.23. The highest BCUT2D eigenvalue weighted by Gasteiger charge is 2.16. The van der Waals surface area contributed by atoms with Gasteiger partial charge in [0.05, 0.1) is 22.2 Å². The number of amides is 1. The molecule has 0 atom stereocenters. The molecule has 10 heteroatoms. The van der Waals surface area contributed by atoms with E-state index in [0.717, 1.165) is 35.0 Å². The van der Waals surface area contributed by atoms with Crippen molar-refractivity contribution in [2.75, 3.05) is 11.8 Å². The highest BCUT2D eigenvalue weighted by molar-refractivity contribution is 7.92. The second kappa shape index (κ2) is 11.7. The third-order valence-electron chi connectivity index (χ3n) is 5.99. The Morgan fingerprint density at radius 1 is 1.03 bits per heavy atom. The van der Waals surface area contributed by atoms with E-state index in [2.05, 4.69) is 22.7 Å². The summed E-state index contributed by atoms with van der Waals surface area (Å²) in [6.45, 7) is 3.95. The van der Waals surface area contributed by atoms with Crippen molar-refractivity contribution in [3.63, 3.8) is 0 Å². The van der Waals surface area contributed by atoms with Crippen molar-refractivity contribution in [1.29, 1.82) is 0 Å². The topological polar surface area (TPSA) is 107 Å². The number of hydrogen-bond donors (Lipinski definition) is 1. The van der Waals surface area contributed by atoms with Gasteiger partial charge in [-0.1, -0.05) is 48.4 Å². The fraction of sp³-hybridized carbons (Fsp3) is 0.250. The van der Waals surface area contributed by atoms with Crippen LogP contribution in [0.25, 0.3) is 10.2 Å². The molecule has 4 aromatic rings. The SMILES string of the molecule is CCCCc1ccc2c(c1)sc(=NC(=O)c1ccc(NS(=O)(=O)c3ccc(C)cc3)cc1)n2CC(=O)OC. The number of methoxy groups -OCH3 is 1. The quantitative estimate of drug-likeness (QED) is 0.292. The first kappa shape index (κ1) is 27.3. The largest absolute Gasteiger partial charge is 0.468 e. The number of anilines is 1. The molecule has 4 rings (SSSR count). The van der Waals surface area contributed by atoms with Gasteiger partial charge in [-0.3, -0.25) is 14.3 Å². The number of aryl methyl sites for hydroxylation is 2. The van der Waals surface area contributed by atoms with Crippen molar-refractivity contribution in [1.82, 2.24) is 4.57 Å². The Labute approximate surface area is 225 Å². The molecular formula is C28H29N3O5S2. The van der Waals surface area contributed by atoms with Gasteiger partial charge in [0, 0.05) is 11.3 Å². The minimum absolute atomic E-state index is 0.0728. The molecule has 0 saturated carbocycles. The zero-order chi connectivity index (χ0) is 27.3. The van der Waals surface area contributed by atoms with E-state index in [0.29, 0.717) is 10.5 Å². The van der Waals surface area contributed by atoms with Crippen LogP contribution in [0.5, 0.6) is 0 Å². The number of hydrogen-bond acceptors (Lipinski definition) is 6. The van der Waals surface area contributed by atoms with Crippen LogP contribution in [0.3, 0.4) is 0 Å². The standard InChI is InChI=1S/C28H29N3O5S2/c1-4-5-6-20-9-16-24-25(17-20)37-28(31(24)18-26(32)36-3)29-27(33)21-10-12-22(13-11-21)30-38(34,35)23-14-7-19(2)8-15-23/h7-17,30H,4-6,18H2,1-3H3. The van der Waals surface area contributed by atoms with Crippen LogP contribution < -0.4 is 9.52 Å². The Balaban J connectivity index is 1.61. The molecule has 1 heterocycles. The Bertz CT molecular complexity index is 1630. The van der Waals surface area contributed by atoms with Crippen molar-refractivity contribution >= 4 is 49.1 Å². The maximum Gasteiger partial charge on any atom is 0.325 e. The van der Waals surface area contributed by atoms with E-state index in [9.17, 15) is 18.0 Å². The lowest BCUT2D eigenvalue weighted by molar-refractivity contribution is -0.141. The molecule has 0 aliphatic rings. The molecule has 8 nitrogen and oxygen atoms in total. The normalized spacial score (nSPS) is 12.0. The summed E-state index contributed by atoms with van der Waals surface area (Å²) < 4.78 is 35.3. The Hall–Kier alpha value is -3.76. The predicted octanol–water partition coefficient (Wildman–Crippen LogP) is 5.07. The van der Waals surface area contributed by atoms with E-state index >= 15 is 0 Å². The molecule has 0 saturated heterocycles. The molecule has 0 aliphatic carbocycles. The zero-order valence-corrected chi connectivity index (χ0v) is 23.1. The number of unbranched alkanes of at least 4 members (excludes halogenated alkanes) is 1. The first-order valence-corrected chi connectivity index (χ1v) is 14.5. The molecule has 0 bridgehead atoms. The van der Waals surface area contributed by atoms with Crippen LogP contribution in [0, 0.1) is 6.92 Å². The summed E-state index contributed by atoms with van der Waals surface area (Å²) >= 11 is 1.33. The van der Waals surface area contributed by atoms with E-state index in [1.54, 1.807) is 16.7 Å². The Morgan fingerprint density at radius 2 is 1.74 bits per heavy atom. The van der Waals surface area contributed by atoms with Crippen LogP contribution in [0.1, 0.15) is 41.3 Å². The molecule has 198 valence electrons. The van der Waals surface area contributed by atoms with Crippen molar-refractivity contribution in [3.05, 3.63) is 88.2 Å². The van der Waals surface area contributed by atoms with Gasteiger partial charge in [-0.2, -0.15) is 4.99 Å². The first-order chi connectivity index (χ1) is 18.2. The number of rotatable bonds is 9. The van der Waals surface area contributed by atoms with Crippen LogP contribution >= 0.6 is 11.3 Å². The number of benzene rings is 3. The minimum Gasteiger partial charge on any atom is -0.468 e. The molecule has 1 aromatic heterocycles. The lowest BCUT2D eigenvalue weighted by Gasteiger charge is -2.08. The fourth-order valence-corrected chi connectivity index (χ4v) is 6.00. The van der Waals surface area contributed by atoms with Crippen molar-refractivity contribution in [2.24, 2.45) is 4.99 Å². The maximum absolute atomic E-state index is 13.0. The summed E-state index contributed by atoms with van der Waals surface area (Å²) in [4.78, 5) is 29.9. The van der Waals surface area contributed by atoms with Gasteiger partial charge >= 0.3 is 5.97 Å². The Kier molecular flexibility index (Phi) is 8.43. The van der Waals surface area contributed by atoms with Crippen LogP contribution in [-0.4, -0.2) is 32.0 Å². The molecular weight excluding hydrogens is 522 g/mol. The first-order valence-electron chi connectivity index (χ1n) is 12.2. The highest BCUT2D eigenvalue weighted by Crippen LogP contribution is 2.21. The maximum atomic E-state index is 13.0. The molecule has 0 fully saturated rings. The summed E-state index contributed by atoms with van der Waals surface area (Å²) in [7, 11) is -2.44. The lowest BCUT2D eigenvalue weighted by Crippen LogP contribution is -2.22. The number of carbonyl (C=O) groups excluding carboxylic acids is 2. The molecule has 0 aliphatic heterocycles. The monoisotopic (exact) mass is 551 g/mol. The number of ether oxygens (including phenoxy) is 1. The zero-order valence-electron chi connectivity index (χ0n) is 21.4. The van der Waals surface area contributed by atoms with Gasteiger partial charge in [0.2, 0.25) is 0 Å². The fourth-order valence-electron chi connectivity index (χ4n) is 3.85. The molecule has 0 unspecified atom stereocenters. The average molecular weight is 552 g/mol. The summed E-state index contributed by atoms with van der Waals surface area (Å²) in [5.41, 5.74) is 3.55. The molecule has 0 radical (unpaired) electrons. The predicted molar refractivity (Wildman–Crippen MR) is 149 cm³/mol. The van der Waals surface area contributed by atoms with E-state index in [-0.39, 0.29) is 17.0 Å². The third kappa shape index (κ3) is 6.38. The van der Waals surface area contributed by atoms with Gasteiger partial charge in [-0.25, -0.2) is 8.42 Å². The van der Waals surface area contributed by atoms with Crippen LogP contribution in [0.4, 0.5) is 5.69 Å². The number of fused-ring (bicyclic) bond motifs is 1. The lowest BCUT2D eigenvalue weighted by atomic mass is 10.1. The van der Waals surface area contributed by atoms with E-state index in [4.69, 9.17) is 4.74 Å². The van der Waals surface area contributed by atoms with Gasteiger partial charge < -0.3 is 9.30 Å². The Morgan fingerprint density at radius 3 is 2.39 bits per heavy atom. The number of esters is 1. The number of nitrogens with one attached hydrogen (secondary N) is 1. The number of sulfonamides is 1. The van der Waals surface area contributed by atoms with Crippen LogP contribution in [0.2, 0.25) is 0 Å². The minimum atomic E-state index is -3.76. The molecule has 38 heavy (non-hydrogen) atoms. The van der Waals surface area contributed by atoms with Gasteiger partial charge in [-0.15, -0.1) is 0 Å². The second-order valence-electron chi connectivity index (χ2n) is 8.87. The number of carbonyl (C=O) groups is 2. The smallest absolute Gasteiger partial charge is 0.325 e. The van der Waals surface area contributed by atoms with Crippen LogP contribution in [0.15, 0.2) is 76.6 Å². The van der Waals surface area contributed by atoms with Gasteiger partial charge in [0.25, 0.3) is 15.9 Å². The van der Waals surface area contributed by atoms with Crippen molar-refractivity contribution < 1.29 is 22.7 Å². The summed E-state index contributed by atoms with van der Waals surface area (Å²) in [6, 6.07) is 18.6. The molecule has 1 N–H and O–H groups in total. The van der Waals surface area contributed by atoms with Gasteiger partial charge in [0.15, 0.2) is 4.80 Å². The number of thiazole rings is 1. The van der Waals surface area contributed by atoms with E-state index in [1.807, 2.05) is 19.1 Å². The highest BCUT2D eigenvalue weighted by atomic mass is 32.2. The van der Waals surface area contributed by atoms with Crippen molar-refractivity contribution in [3.8, 4) is 0 Å². The molecule has 0 spiro atoms. The summed E-state index contributed by atoms with van der Waals surface area (Å²) in [6.07, 6.45) is 3.12. The molecule has 1 amide bonds.